The minimum absolute atomic E-state index is 0.0503. The van der Waals surface area contributed by atoms with Crippen molar-refractivity contribution in [2.75, 3.05) is 5.01 Å². The second-order valence-electron chi connectivity index (χ2n) is 8.21. The highest BCUT2D eigenvalue weighted by Crippen LogP contribution is 2.31. The second kappa shape index (κ2) is 9.64. The summed E-state index contributed by atoms with van der Waals surface area (Å²) in [4.78, 5) is 13.6. The van der Waals surface area contributed by atoms with E-state index in [9.17, 15) is 13.2 Å². The summed E-state index contributed by atoms with van der Waals surface area (Å²) in [6.45, 7) is 1.88. The number of hydrogen-bond acceptors (Lipinski definition) is 5. The molecule has 1 aliphatic rings. The van der Waals surface area contributed by atoms with Crippen molar-refractivity contribution in [3.63, 3.8) is 0 Å². The Balaban J connectivity index is 1.57. The van der Waals surface area contributed by atoms with Crippen LogP contribution < -0.4 is 9.19 Å². The Hall–Kier alpha value is -4.49. The van der Waals surface area contributed by atoms with E-state index in [1.807, 2.05) is 55.5 Å². The molecule has 0 N–H and O–H groups in total. The summed E-state index contributed by atoms with van der Waals surface area (Å²) in [6, 6.07) is 31.6. The van der Waals surface area contributed by atoms with E-state index in [0.717, 1.165) is 11.1 Å². The van der Waals surface area contributed by atoms with Crippen LogP contribution >= 0.6 is 0 Å². The second-order valence-corrected chi connectivity index (χ2v) is 9.76. The van der Waals surface area contributed by atoms with Crippen molar-refractivity contribution in [2.45, 2.75) is 11.8 Å². The zero-order chi connectivity index (χ0) is 25.1. The SMILES string of the molecule is Cc1ccc(S(=O)(=O)Oc2ccccc2/C=C2/C(=O)N(c3ccccc3)N=C2c2ccccc2)cc1. The number of hydrazone groups is 1. The number of carbonyl (C=O) groups is 1. The molecule has 0 fully saturated rings. The fourth-order valence-electron chi connectivity index (χ4n) is 3.80. The molecule has 4 aromatic rings. The molecular formula is C29H22N2O4S. The van der Waals surface area contributed by atoms with Gasteiger partial charge < -0.3 is 4.18 Å². The van der Waals surface area contributed by atoms with Gasteiger partial charge in [-0.05, 0) is 43.3 Å². The van der Waals surface area contributed by atoms with E-state index < -0.39 is 10.1 Å². The van der Waals surface area contributed by atoms with Crippen LogP contribution in [0.1, 0.15) is 16.7 Å². The number of nitrogens with zero attached hydrogens (tertiary/aromatic N) is 2. The first-order valence-corrected chi connectivity index (χ1v) is 12.7. The normalized spacial score (nSPS) is 14.7. The average Bonchev–Trinajstić information content (AvgIpc) is 3.22. The molecule has 5 rings (SSSR count). The first kappa shape index (κ1) is 23.3. The van der Waals surface area contributed by atoms with E-state index in [0.29, 0.717) is 22.5 Å². The topological polar surface area (TPSA) is 76.0 Å². The van der Waals surface area contributed by atoms with E-state index in [-0.39, 0.29) is 16.6 Å². The van der Waals surface area contributed by atoms with Crippen LogP contribution in [0.25, 0.3) is 6.08 Å². The molecule has 0 saturated heterocycles. The van der Waals surface area contributed by atoms with Crippen LogP contribution in [0.4, 0.5) is 5.69 Å². The molecule has 1 amide bonds. The van der Waals surface area contributed by atoms with Crippen molar-refractivity contribution in [1.29, 1.82) is 0 Å². The summed E-state index contributed by atoms with van der Waals surface area (Å²) in [7, 11) is -4.07. The van der Waals surface area contributed by atoms with Crippen molar-refractivity contribution in [3.8, 4) is 5.75 Å². The number of benzene rings is 4. The third-order valence-electron chi connectivity index (χ3n) is 5.65. The molecule has 178 valence electrons. The number of para-hydroxylation sites is 2. The Morgan fingerprint density at radius 3 is 2.08 bits per heavy atom. The minimum Gasteiger partial charge on any atom is -0.378 e. The van der Waals surface area contributed by atoms with Crippen molar-refractivity contribution >= 4 is 33.5 Å². The Kier molecular flexibility index (Phi) is 6.23. The van der Waals surface area contributed by atoms with E-state index >= 15 is 0 Å². The van der Waals surface area contributed by atoms with Gasteiger partial charge in [0, 0.05) is 11.1 Å². The van der Waals surface area contributed by atoms with Gasteiger partial charge in [-0.15, -0.1) is 0 Å². The zero-order valence-electron chi connectivity index (χ0n) is 19.4. The number of rotatable bonds is 6. The van der Waals surface area contributed by atoms with Crippen LogP contribution in [0.5, 0.6) is 5.75 Å². The van der Waals surface area contributed by atoms with Gasteiger partial charge in [0.1, 0.15) is 16.4 Å². The summed E-state index contributed by atoms with van der Waals surface area (Å²) < 4.78 is 31.4. The predicted molar refractivity (Wildman–Crippen MR) is 140 cm³/mol. The maximum Gasteiger partial charge on any atom is 0.339 e. The highest BCUT2D eigenvalue weighted by molar-refractivity contribution is 7.87. The van der Waals surface area contributed by atoms with Crippen molar-refractivity contribution in [3.05, 3.63) is 131 Å². The summed E-state index contributed by atoms with van der Waals surface area (Å²) in [5.41, 5.74) is 3.59. The highest BCUT2D eigenvalue weighted by Gasteiger charge is 2.32. The molecule has 0 aromatic heterocycles. The van der Waals surface area contributed by atoms with Gasteiger partial charge in [-0.25, -0.2) is 0 Å². The quantitative estimate of drug-likeness (QED) is 0.258. The van der Waals surface area contributed by atoms with Gasteiger partial charge in [0.15, 0.2) is 0 Å². The van der Waals surface area contributed by atoms with Crippen LogP contribution in [0, 0.1) is 6.92 Å². The van der Waals surface area contributed by atoms with Crippen LogP contribution in [0.3, 0.4) is 0 Å². The molecule has 1 heterocycles. The summed E-state index contributed by atoms with van der Waals surface area (Å²) in [5, 5.41) is 5.97. The molecule has 4 aromatic carbocycles. The lowest BCUT2D eigenvalue weighted by Gasteiger charge is -2.12. The van der Waals surface area contributed by atoms with E-state index in [1.165, 1.54) is 17.1 Å². The summed E-state index contributed by atoms with van der Waals surface area (Å²) in [5.74, 6) is -0.208. The van der Waals surface area contributed by atoms with Gasteiger partial charge in [0.2, 0.25) is 0 Å². The molecule has 0 saturated carbocycles. The standard InChI is InChI=1S/C29H22N2O4S/c1-21-16-18-25(19-17-21)36(33,34)35-27-15-9-8-12-23(27)20-26-28(22-10-4-2-5-11-22)30-31(29(26)32)24-13-6-3-7-14-24/h2-20H,1H3/b26-20+. The van der Waals surface area contributed by atoms with E-state index in [1.54, 1.807) is 54.6 Å². The Labute approximate surface area is 209 Å². The van der Waals surface area contributed by atoms with Crippen LogP contribution in [-0.2, 0) is 14.9 Å². The zero-order valence-corrected chi connectivity index (χ0v) is 20.2. The van der Waals surface area contributed by atoms with Crippen molar-refractivity contribution in [2.24, 2.45) is 5.10 Å². The lowest BCUT2D eigenvalue weighted by Crippen LogP contribution is -2.21. The Morgan fingerprint density at radius 1 is 0.778 bits per heavy atom. The molecule has 1 aliphatic heterocycles. The smallest absolute Gasteiger partial charge is 0.339 e. The number of carbonyl (C=O) groups excluding carboxylic acids is 1. The monoisotopic (exact) mass is 494 g/mol. The van der Waals surface area contributed by atoms with E-state index in [2.05, 4.69) is 5.10 Å². The van der Waals surface area contributed by atoms with Crippen LogP contribution in [0.2, 0.25) is 0 Å². The predicted octanol–water partition coefficient (Wildman–Crippen LogP) is 5.60. The Bertz CT molecular complexity index is 1580. The molecule has 0 atom stereocenters. The molecule has 36 heavy (non-hydrogen) atoms. The fraction of sp³-hybridized carbons (Fsp3) is 0.0345. The van der Waals surface area contributed by atoms with Crippen LogP contribution in [0.15, 0.2) is 125 Å². The number of anilines is 1. The molecule has 0 radical (unpaired) electrons. The van der Waals surface area contributed by atoms with Gasteiger partial charge in [-0.2, -0.15) is 18.5 Å². The third kappa shape index (κ3) is 4.69. The molecular weight excluding hydrogens is 472 g/mol. The molecule has 0 spiro atoms. The average molecular weight is 495 g/mol. The van der Waals surface area contributed by atoms with Crippen molar-refractivity contribution < 1.29 is 17.4 Å². The number of amides is 1. The summed E-state index contributed by atoms with van der Waals surface area (Å²) in [6.07, 6.45) is 1.62. The van der Waals surface area contributed by atoms with Gasteiger partial charge in [-0.3, -0.25) is 4.79 Å². The molecule has 0 aliphatic carbocycles. The maximum absolute atomic E-state index is 13.5. The molecule has 0 bridgehead atoms. The highest BCUT2D eigenvalue weighted by atomic mass is 32.2. The van der Waals surface area contributed by atoms with Gasteiger partial charge >= 0.3 is 10.1 Å². The third-order valence-corrected chi connectivity index (χ3v) is 6.90. The summed E-state index contributed by atoms with van der Waals surface area (Å²) >= 11 is 0. The first-order chi connectivity index (χ1) is 17.4. The van der Waals surface area contributed by atoms with Gasteiger partial charge in [0.25, 0.3) is 5.91 Å². The number of aryl methyl sites for hydroxylation is 1. The molecule has 6 nitrogen and oxygen atoms in total. The minimum atomic E-state index is -4.07. The van der Waals surface area contributed by atoms with Crippen molar-refractivity contribution in [1.82, 2.24) is 0 Å². The number of hydrogen-bond donors (Lipinski definition) is 0. The first-order valence-electron chi connectivity index (χ1n) is 11.3. The fourth-order valence-corrected chi connectivity index (χ4v) is 4.75. The molecule has 0 unspecified atom stereocenters. The maximum atomic E-state index is 13.5. The van der Waals surface area contributed by atoms with Crippen LogP contribution in [-0.4, -0.2) is 20.0 Å². The van der Waals surface area contributed by atoms with Gasteiger partial charge in [0.05, 0.1) is 11.3 Å². The lowest BCUT2D eigenvalue weighted by molar-refractivity contribution is -0.114. The Morgan fingerprint density at radius 2 is 1.39 bits per heavy atom. The lowest BCUT2D eigenvalue weighted by atomic mass is 10.00. The van der Waals surface area contributed by atoms with Gasteiger partial charge in [-0.1, -0.05) is 84.4 Å². The van der Waals surface area contributed by atoms with E-state index in [4.69, 9.17) is 4.18 Å². The molecule has 7 heteroatoms. The largest absolute Gasteiger partial charge is 0.378 e.